The summed E-state index contributed by atoms with van der Waals surface area (Å²) in [5, 5.41) is 21.9. The minimum Gasteiger partial charge on any atom is -0.374 e. The molecular weight excluding hydrogens is 405 g/mol. The number of aryl methyl sites for hydroxylation is 1. The van der Waals surface area contributed by atoms with Crippen LogP contribution < -0.4 is 15.1 Å². The van der Waals surface area contributed by atoms with Crippen LogP contribution in [0.2, 0.25) is 0 Å². The van der Waals surface area contributed by atoms with Crippen molar-refractivity contribution in [2.24, 2.45) is 0 Å². The van der Waals surface area contributed by atoms with E-state index in [1.807, 2.05) is 6.07 Å². The van der Waals surface area contributed by atoms with Gasteiger partial charge in [0.05, 0.1) is 11.9 Å². The van der Waals surface area contributed by atoms with Gasteiger partial charge in [0.25, 0.3) is 5.91 Å². The number of amides is 1. The lowest BCUT2D eigenvalue weighted by Gasteiger charge is -2.43. The van der Waals surface area contributed by atoms with Crippen molar-refractivity contribution in [1.82, 2.24) is 10.3 Å². The molecule has 1 saturated carbocycles. The number of halogens is 1. The minimum absolute atomic E-state index is 0.115. The Morgan fingerprint density at radius 2 is 2.10 bits per heavy atom. The Kier molecular flexibility index (Phi) is 5.02. The van der Waals surface area contributed by atoms with Crippen molar-refractivity contribution in [2.45, 2.75) is 38.0 Å². The van der Waals surface area contributed by atoms with Crippen molar-refractivity contribution in [3.63, 3.8) is 0 Å². The number of nitriles is 1. The van der Waals surface area contributed by atoms with Gasteiger partial charge in [0.2, 0.25) is 0 Å². The monoisotopic (exact) mass is 425 g/mol. The number of rotatable bonds is 4. The molecule has 1 aromatic carbocycles. The third kappa shape index (κ3) is 2.88. The van der Waals surface area contributed by atoms with E-state index in [-0.39, 0.29) is 22.3 Å². The van der Waals surface area contributed by atoms with Gasteiger partial charge in [-0.1, -0.05) is 6.07 Å². The molecule has 0 radical (unpaired) electrons. The molecule has 1 spiro atoms. The van der Waals surface area contributed by atoms with Crippen molar-refractivity contribution in [3.8, 4) is 6.07 Å². The molecule has 4 rings (SSSR count). The quantitative estimate of drug-likeness (QED) is 0.575. The van der Waals surface area contributed by atoms with Gasteiger partial charge < -0.3 is 10.0 Å². The Bertz CT molecular complexity index is 1100. The average Bonchev–Trinajstić information content (AvgIpc) is 2.94. The number of hydrogen-bond donors (Lipinski definition) is 2. The zero-order chi connectivity index (χ0) is 21.6. The lowest BCUT2D eigenvalue weighted by Crippen LogP contribution is -2.55. The fourth-order valence-corrected chi connectivity index (χ4v) is 4.51. The summed E-state index contributed by atoms with van der Waals surface area (Å²) < 4.78 is 14.7. The van der Waals surface area contributed by atoms with E-state index < -0.39 is 17.6 Å². The molecule has 154 valence electrons. The van der Waals surface area contributed by atoms with E-state index in [1.54, 1.807) is 24.0 Å². The SMILES string of the molecule is CNC(O)c1ccc(N2C(=S)N(c3cnc(C#N)c(C)c3)C(=O)C23CCC3)cc1F. The van der Waals surface area contributed by atoms with Gasteiger partial charge >= 0.3 is 0 Å². The van der Waals surface area contributed by atoms with E-state index in [1.165, 1.54) is 30.3 Å². The molecule has 1 atom stereocenters. The zero-order valence-electron chi connectivity index (χ0n) is 16.5. The zero-order valence-corrected chi connectivity index (χ0v) is 17.3. The number of carbonyl (C=O) groups is 1. The molecule has 1 saturated heterocycles. The summed E-state index contributed by atoms with van der Waals surface area (Å²) in [5.74, 6) is -0.766. The maximum Gasteiger partial charge on any atom is 0.259 e. The summed E-state index contributed by atoms with van der Waals surface area (Å²) in [4.78, 5) is 20.7. The van der Waals surface area contributed by atoms with Gasteiger partial charge in [-0.15, -0.1) is 0 Å². The molecule has 1 unspecified atom stereocenters. The van der Waals surface area contributed by atoms with E-state index in [9.17, 15) is 14.3 Å². The summed E-state index contributed by atoms with van der Waals surface area (Å²) in [6.45, 7) is 1.75. The smallest absolute Gasteiger partial charge is 0.259 e. The summed E-state index contributed by atoms with van der Waals surface area (Å²) in [5.41, 5.74) is 1.13. The van der Waals surface area contributed by atoms with Crippen LogP contribution in [0.25, 0.3) is 0 Å². The van der Waals surface area contributed by atoms with Crippen LogP contribution in [0.15, 0.2) is 30.5 Å². The molecule has 1 amide bonds. The molecule has 1 aliphatic carbocycles. The van der Waals surface area contributed by atoms with Crippen LogP contribution in [0.3, 0.4) is 0 Å². The second kappa shape index (κ2) is 7.40. The van der Waals surface area contributed by atoms with Crippen molar-refractivity contribution >= 4 is 34.6 Å². The highest BCUT2D eigenvalue weighted by Crippen LogP contribution is 2.48. The van der Waals surface area contributed by atoms with Crippen LogP contribution >= 0.6 is 12.2 Å². The van der Waals surface area contributed by atoms with Crippen molar-refractivity contribution in [2.75, 3.05) is 16.8 Å². The Labute approximate surface area is 178 Å². The first-order chi connectivity index (χ1) is 14.3. The standard InChI is InChI=1S/C21H20FN5O2S/c1-12-8-14(11-25-17(12)10-23)26-19(29)21(6-3-7-21)27(20(26)30)13-4-5-15(16(22)9-13)18(28)24-2/h4-5,8-9,11,18,24,28H,3,6-7H2,1-2H3. The summed E-state index contributed by atoms with van der Waals surface area (Å²) >= 11 is 5.66. The summed E-state index contributed by atoms with van der Waals surface area (Å²) in [6.07, 6.45) is 2.40. The van der Waals surface area contributed by atoms with E-state index >= 15 is 0 Å². The molecule has 2 aromatic rings. The van der Waals surface area contributed by atoms with Gasteiger partial charge in [-0.05, 0) is 69.2 Å². The predicted octanol–water partition coefficient (Wildman–Crippen LogP) is 2.67. The minimum atomic E-state index is -1.13. The average molecular weight is 425 g/mol. The predicted molar refractivity (Wildman–Crippen MR) is 113 cm³/mol. The molecule has 2 fully saturated rings. The van der Waals surface area contributed by atoms with Crippen LogP contribution in [0.5, 0.6) is 0 Å². The number of hydrogen-bond acceptors (Lipinski definition) is 6. The molecule has 2 aliphatic rings. The molecule has 0 bridgehead atoms. The number of thiocarbonyl (C=S) groups is 1. The lowest BCUT2D eigenvalue weighted by molar-refractivity contribution is -0.123. The van der Waals surface area contributed by atoms with Crippen LogP contribution in [-0.2, 0) is 4.79 Å². The normalized spacial score (nSPS) is 18.5. The fraction of sp³-hybridized carbons (Fsp3) is 0.333. The number of pyridine rings is 1. The van der Waals surface area contributed by atoms with Gasteiger partial charge in [0, 0.05) is 11.3 Å². The second-order valence-corrected chi connectivity index (χ2v) is 7.88. The first-order valence-electron chi connectivity index (χ1n) is 9.54. The molecule has 9 heteroatoms. The first kappa shape index (κ1) is 20.3. The number of aliphatic hydroxyl groups is 1. The molecule has 7 nitrogen and oxygen atoms in total. The van der Waals surface area contributed by atoms with Crippen LogP contribution in [0.1, 0.15) is 42.3 Å². The number of nitrogens with one attached hydrogen (secondary N) is 1. The van der Waals surface area contributed by atoms with Gasteiger partial charge in [-0.3, -0.25) is 15.0 Å². The number of aromatic nitrogens is 1. The largest absolute Gasteiger partial charge is 0.374 e. The maximum absolute atomic E-state index is 14.7. The van der Waals surface area contributed by atoms with Crippen molar-refractivity contribution in [3.05, 3.63) is 53.1 Å². The molecular formula is C21H20FN5O2S. The van der Waals surface area contributed by atoms with Crippen molar-refractivity contribution < 1.29 is 14.3 Å². The summed E-state index contributed by atoms with van der Waals surface area (Å²) in [6, 6.07) is 8.15. The van der Waals surface area contributed by atoms with Gasteiger partial charge in [0.1, 0.15) is 29.3 Å². The van der Waals surface area contributed by atoms with Gasteiger partial charge in [-0.2, -0.15) is 5.26 Å². The summed E-state index contributed by atoms with van der Waals surface area (Å²) in [7, 11) is 1.53. The molecule has 1 aromatic heterocycles. The van der Waals surface area contributed by atoms with Crippen LogP contribution in [0, 0.1) is 24.1 Å². The Balaban J connectivity index is 1.77. The van der Waals surface area contributed by atoms with Gasteiger partial charge in [0.15, 0.2) is 5.11 Å². The fourth-order valence-electron chi connectivity index (χ4n) is 4.04. The number of aliphatic hydroxyl groups excluding tert-OH is 1. The van der Waals surface area contributed by atoms with Crippen molar-refractivity contribution in [1.29, 1.82) is 5.26 Å². The van der Waals surface area contributed by atoms with E-state index in [2.05, 4.69) is 10.3 Å². The van der Waals surface area contributed by atoms with E-state index in [4.69, 9.17) is 17.5 Å². The number of anilines is 2. The van der Waals surface area contributed by atoms with Gasteiger partial charge in [-0.25, -0.2) is 9.37 Å². The van der Waals surface area contributed by atoms with Crippen LogP contribution in [-0.4, -0.2) is 33.7 Å². The van der Waals surface area contributed by atoms with E-state index in [0.717, 1.165) is 6.42 Å². The highest BCUT2D eigenvalue weighted by atomic mass is 32.1. The first-order valence-corrected chi connectivity index (χ1v) is 9.95. The Hall–Kier alpha value is -2.93. The number of benzene rings is 1. The maximum atomic E-state index is 14.7. The number of carbonyl (C=O) groups excluding carboxylic acids is 1. The molecule has 30 heavy (non-hydrogen) atoms. The second-order valence-electron chi connectivity index (χ2n) is 7.51. The molecule has 1 aliphatic heterocycles. The lowest BCUT2D eigenvalue weighted by atomic mass is 9.75. The van der Waals surface area contributed by atoms with Crippen LogP contribution in [0.4, 0.5) is 15.8 Å². The highest BCUT2D eigenvalue weighted by Gasteiger charge is 2.59. The molecule has 2 N–H and O–H groups in total. The topological polar surface area (TPSA) is 92.5 Å². The Morgan fingerprint density at radius 3 is 2.63 bits per heavy atom. The molecule has 2 heterocycles. The number of nitrogens with zero attached hydrogens (tertiary/aromatic N) is 4. The van der Waals surface area contributed by atoms with E-state index in [0.29, 0.717) is 29.8 Å². The third-order valence-electron chi connectivity index (χ3n) is 5.83. The highest BCUT2D eigenvalue weighted by molar-refractivity contribution is 7.81. The Morgan fingerprint density at radius 1 is 1.37 bits per heavy atom. The third-order valence-corrected chi connectivity index (χ3v) is 6.20.